The Morgan fingerprint density at radius 2 is 2.28 bits per heavy atom. The van der Waals surface area contributed by atoms with E-state index in [-0.39, 0.29) is 11.2 Å². The Labute approximate surface area is 149 Å². The molecule has 1 aliphatic rings. The average Bonchev–Trinajstić information content (AvgIpc) is 3.32. The van der Waals surface area contributed by atoms with Gasteiger partial charge in [-0.25, -0.2) is 4.98 Å². The van der Waals surface area contributed by atoms with Crippen molar-refractivity contribution in [2.24, 2.45) is 0 Å². The number of carbonyl (C=O) groups is 1. The molecule has 1 amide bonds. The number of fused-ring (bicyclic) bond motifs is 2. The van der Waals surface area contributed by atoms with E-state index in [0.29, 0.717) is 18.2 Å². The molecule has 1 aromatic carbocycles. The largest absolute Gasteiger partial charge is 0.431 e. The van der Waals surface area contributed by atoms with E-state index in [1.54, 1.807) is 0 Å². The second-order valence-corrected chi connectivity index (χ2v) is 7.12. The van der Waals surface area contributed by atoms with Crippen molar-refractivity contribution in [3.8, 4) is 0 Å². The van der Waals surface area contributed by atoms with E-state index in [2.05, 4.69) is 25.1 Å². The number of hydrogen-bond donors (Lipinski definition) is 1. The van der Waals surface area contributed by atoms with Crippen molar-refractivity contribution in [2.45, 2.75) is 49.7 Å². The first-order chi connectivity index (χ1) is 12.2. The first-order valence-corrected chi connectivity index (χ1v) is 9.33. The Bertz CT molecular complexity index is 870. The fourth-order valence-electron chi connectivity index (χ4n) is 2.97. The maximum Gasteiger partial charge on any atom is 0.257 e. The summed E-state index contributed by atoms with van der Waals surface area (Å²) in [6.45, 7) is 3.31. The zero-order valence-corrected chi connectivity index (χ0v) is 14.8. The van der Waals surface area contributed by atoms with Gasteiger partial charge in [0.25, 0.3) is 5.22 Å². The number of hydrogen-bond acceptors (Lipinski definition) is 6. The summed E-state index contributed by atoms with van der Waals surface area (Å²) >= 11 is 1.35. The Kier molecular flexibility index (Phi) is 4.44. The number of nitrogens with one attached hydrogen (secondary N) is 1. The standard InChI is InChI=1S/C17H19N5O2S/c1-2-13(25-17-19-11-6-3-4-7-12(11)24-17)16(23)18-10-15-21-20-14-8-5-9-22(14)15/h3-4,6-7,13H,2,5,8-10H2,1H3,(H,18,23). The highest BCUT2D eigenvalue weighted by Crippen LogP contribution is 2.28. The number of oxazole rings is 1. The molecule has 8 heteroatoms. The molecule has 1 atom stereocenters. The zero-order valence-electron chi connectivity index (χ0n) is 13.9. The molecule has 0 fully saturated rings. The van der Waals surface area contributed by atoms with Crippen molar-refractivity contribution < 1.29 is 9.21 Å². The molecule has 1 unspecified atom stereocenters. The fraction of sp³-hybridized carbons (Fsp3) is 0.412. The van der Waals surface area contributed by atoms with Crippen LogP contribution in [0.4, 0.5) is 0 Å². The van der Waals surface area contributed by atoms with Crippen LogP contribution in [0.1, 0.15) is 31.4 Å². The summed E-state index contributed by atoms with van der Waals surface area (Å²) in [5, 5.41) is 11.6. The monoisotopic (exact) mass is 357 g/mol. The predicted octanol–water partition coefficient (Wildman–Crippen LogP) is 2.55. The van der Waals surface area contributed by atoms with Gasteiger partial charge in [0, 0.05) is 13.0 Å². The minimum atomic E-state index is -0.256. The molecule has 0 saturated heterocycles. The smallest absolute Gasteiger partial charge is 0.257 e. The SMILES string of the molecule is CCC(Sc1nc2ccccc2o1)C(=O)NCc1nnc2n1CCC2. The van der Waals surface area contributed by atoms with E-state index in [1.807, 2.05) is 31.2 Å². The lowest BCUT2D eigenvalue weighted by Gasteiger charge is -2.12. The number of amides is 1. The zero-order chi connectivity index (χ0) is 17.2. The van der Waals surface area contributed by atoms with Gasteiger partial charge in [-0.3, -0.25) is 4.79 Å². The van der Waals surface area contributed by atoms with Gasteiger partial charge in [-0.2, -0.15) is 0 Å². The van der Waals surface area contributed by atoms with Crippen LogP contribution < -0.4 is 5.32 Å². The molecule has 0 radical (unpaired) electrons. The molecule has 4 rings (SSSR count). The molecule has 7 nitrogen and oxygen atoms in total. The highest BCUT2D eigenvalue weighted by Gasteiger charge is 2.22. The van der Waals surface area contributed by atoms with Crippen molar-refractivity contribution in [3.05, 3.63) is 35.9 Å². The van der Waals surface area contributed by atoms with Crippen molar-refractivity contribution in [1.29, 1.82) is 0 Å². The molecule has 25 heavy (non-hydrogen) atoms. The Morgan fingerprint density at radius 3 is 3.12 bits per heavy atom. The number of nitrogens with zero attached hydrogens (tertiary/aromatic N) is 4. The number of rotatable bonds is 6. The van der Waals surface area contributed by atoms with Crippen molar-refractivity contribution in [3.63, 3.8) is 0 Å². The summed E-state index contributed by atoms with van der Waals surface area (Å²) in [6.07, 6.45) is 2.75. The molecule has 2 aromatic heterocycles. The van der Waals surface area contributed by atoms with Crippen molar-refractivity contribution in [1.82, 2.24) is 25.1 Å². The van der Waals surface area contributed by atoms with Gasteiger partial charge in [-0.05, 0) is 25.0 Å². The molecular weight excluding hydrogens is 338 g/mol. The van der Waals surface area contributed by atoms with E-state index in [0.717, 1.165) is 42.1 Å². The number of para-hydroxylation sites is 2. The van der Waals surface area contributed by atoms with Gasteiger partial charge in [0.15, 0.2) is 11.4 Å². The molecule has 0 aliphatic carbocycles. The highest BCUT2D eigenvalue weighted by molar-refractivity contribution is 8.00. The van der Waals surface area contributed by atoms with Crippen LogP contribution in [-0.2, 0) is 24.3 Å². The van der Waals surface area contributed by atoms with Crippen LogP contribution in [0.5, 0.6) is 0 Å². The lowest BCUT2D eigenvalue weighted by Crippen LogP contribution is -2.32. The summed E-state index contributed by atoms with van der Waals surface area (Å²) in [6, 6.07) is 7.60. The number of benzene rings is 1. The molecule has 3 heterocycles. The van der Waals surface area contributed by atoms with Gasteiger partial charge in [0.1, 0.15) is 11.3 Å². The van der Waals surface area contributed by atoms with Crippen molar-refractivity contribution in [2.75, 3.05) is 0 Å². The topological polar surface area (TPSA) is 85.8 Å². The van der Waals surface area contributed by atoms with Crippen LogP contribution >= 0.6 is 11.8 Å². The number of thioether (sulfide) groups is 1. The quantitative estimate of drug-likeness (QED) is 0.682. The Morgan fingerprint density at radius 1 is 1.40 bits per heavy atom. The maximum atomic E-state index is 12.5. The summed E-state index contributed by atoms with van der Waals surface area (Å²) < 4.78 is 7.80. The lowest BCUT2D eigenvalue weighted by atomic mass is 10.3. The van der Waals surface area contributed by atoms with Gasteiger partial charge >= 0.3 is 0 Å². The third-order valence-electron chi connectivity index (χ3n) is 4.29. The van der Waals surface area contributed by atoms with Gasteiger partial charge in [-0.1, -0.05) is 30.8 Å². The molecule has 1 N–H and O–H groups in total. The van der Waals surface area contributed by atoms with Gasteiger partial charge in [0.05, 0.1) is 11.8 Å². The second-order valence-electron chi connectivity index (χ2n) is 5.97. The minimum Gasteiger partial charge on any atom is -0.431 e. The van der Waals surface area contributed by atoms with Gasteiger partial charge in [0.2, 0.25) is 5.91 Å². The minimum absolute atomic E-state index is 0.0369. The molecule has 0 bridgehead atoms. The molecular formula is C17H19N5O2S. The third-order valence-corrected chi connectivity index (χ3v) is 5.50. The van der Waals surface area contributed by atoms with Gasteiger partial charge < -0.3 is 14.3 Å². The number of aromatic nitrogens is 4. The van der Waals surface area contributed by atoms with Crippen molar-refractivity contribution >= 4 is 28.8 Å². The highest BCUT2D eigenvalue weighted by atomic mass is 32.2. The maximum absolute atomic E-state index is 12.5. The Balaban J connectivity index is 1.40. The summed E-state index contributed by atoms with van der Waals surface area (Å²) in [4.78, 5) is 17.0. The normalized spacial score (nSPS) is 14.6. The fourth-order valence-corrected chi connectivity index (χ4v) is 3.86. The van der Waals surface area contributed by atoms with E-state index in [1.165, 1.54) is 11.8 Å². The van der Waals surface area contributed by atoms with E-state index in [9.17, 15) is 4.79 Å². The van der Waals surface area contributed by atoms with Crippen LogP contribution in [-0.4, -0.2) is 30.9 Å². The van der Waals surface area contributed by atoms with Crippen LogP contribution in [0.15, 0.2) is 33.9 Å². The van der Waals surface area contributed by atoms with E-state index < -0.39 is 0 Å². The number of carbonyl (C=O) groups excluding carboxylic acids is 1. The molecule has 3 aromatic rings. The summed E-state index contributed by atoms with van der Waals surface area (Å²) in [7, 11) is 0. The third kappa shape index (κ3) is 3.26. The lowest BCUT2D eigenvalue weighted by molar-refractivity contribution is -0.120. The first-order valence-electron chi connectivity index (χ1n) is 8.45. The average molecular weight is 357 g/mol. The molecule has 130 valence electrons. The van der Waals surface area contributed by atoms with Gasteiger partial charge in [-0.15, -0.1) is 10.2 Å². The number of aryl methyl sites for hydroxylation is 1. The summed E-state index contributed by atoms with van der Waals surface area (Å²) in [5.74, 6) is 1.80. The predicted molar refractivity (Wildman–Crippen MR) is 94.1 cm³/mol. The molecule has 0 saturated carbocycles. The van der Waals surface area contributed by atoms with Crippen LogP contribution in [0.25, 0.3) is 11.1 Å². The molecule has 0 spiro atoms. The van der Waals surface area contributed by atoms with E-state index in [4.69, 9.17) is 4.42 Å². The molecule has 1 aliphatic heterocycles. The Hall–Kier alpha value is -2.35. The van der Waals surface area contributed by atoms with Crippen LogP contribution in [0, 0.1) is 0 Å². The summed E-state index contributed by atoms with van der Waals surface area (Å²) in [5.41, 5.74) is 1.54. The van der Waals surface area contributed by atoms with Crippen LogP contribution in [0.3, 0.4) is 0 Å². The van der Waals surface area contributed by atoms with Crippen LogP contribution in [0.2, 0.25) is 0 Å². The first kappa shape index (κ1) is 16.1. The van der Waals surface area contributed by atoms with E-state index >= 15 is 0 Å². The second kappa shape index (κ2) is 6.87.